The molecular weight excluding hydrogens is 238 g/mol. The normalized spacial score (nSPS) is 15.1. The summed E-state index contributed by atoms with van der Waals surface area (Å²) >= 11 is 0. The summed E-state index contributed by atoms with van der Waals surface area (Å²) in [6.45, 7) is 6.88. The molecule has 5 nitrogen and oxygen atoms in total. The minimum Gasteiger partial charge on any atom is -0.310 e. The van der Waals surface area contributed by atoms with E-state index in [1.54, 1.807) is 0 Å². The summed E-state index contributed by atoms with van der Waals surface area (Å²) in [5, 5.41) is 12.3. The Balaban J connectivity index is 1.66. The highest BCUT2D eigenvalue weighted by Crippen LogP contribution is 2.20. The van der Waals surface area contributed by atoms with Crippen LogP contribution in [0.2, 0.25) is 0 Å². The van der Waals surface area contributed by atoms with Crippen LogP contribution in [0.15, 0.2) is 18.6 Å². The highest BCUT2D eigenvalue weighted by molar-refractivity contribution is 5.18. The number of aryl methyl sites for hydroxylation is 1. The molecule has 2 aromatic rings. The lowest BCUT2D eigenvalue weighted by Crippen LogP contribution is -2.15. The Labute approximate surface area is 113 Å². The summed E-state index contributed by atoms with van der Waals surface area (Å²) in [5.41, 5.74) is 3.75. The van der Waals surface area contributed by atoms with Crippen molar-refractivity contribution in [1.82, 2.24) is 24.9 Å². The van der Waals surface area contributed by atoms with Crippen molar-refractivity contribution in [1.29, 1.82) is 0 Å². The molecule has 1 aliphatic rings. The number of nitrogens with one attached hydrogen (secondary N) is 1. The Morgan fingerprint density at radius 3 is 2.84 bits per heavy atom. The predicted molar refractivity (Wildman–Crippen MR) is 73.8 cm³/mol. The summed E-state index contributed by atoms with van der Waals surface area (Å²) < 4.78 is 4.00. The van der Waals surface area contributed by atoms with Crippen LogP contribution in [-0.4, -0.2) is 25.6 Å². The van der Waals surface area contributed by atoms with Crippen LogP contribution in [0.1, 0.15) is 36.6 Å². The maximum atomic E-state index is 4.48. The second-order valence-electron chi connectivity index (χ2n) is 5.27. The van der Waals surface area contributed by atoms with Gasteiger partial charge < -0.3 is 5.32 Å². The van der Waals surface area contributed by atoms with Gasteiger partial charge in [-0.05, 0) is 26.7 Å². The molecule has 0 radical (unpaired) electrons. The third-order valence-electron chi connectivity index (χ3n) is 3.71. The molecule has 1 aliphatic carbocycles. The number of rotatable bonds is 6. The summed E-state index contributed by atoms with van der Waals surface area (Å²) in [6.07, 6.45) is 8.64. The first-order valence-electron chi connectivity index (χ1n) is 7.02. The van der Waals surface area contributed by atoms with Crippen molar-refractivity contribution in [2.45, 2.75) is 52.4 Å². The zero-order chi connectivity index (χ0) is 13.2. The average Bonchev–Trinajstić information content (AvgIpc) is 3.04. The van der Waals surface area contributed by atoms with Gasteiger partial charge in [-0.2, -0.15) is 10.2 Å². The van der Waals surface area contributed by atoms with E-state index in [4.69, 9.17) is 0 Å². The van der Waals surface area contributed by atoms with E-state index in [1.165, 1.54) is 29.7 Å². The molecule has 3 rings (SSSR count). The minimum absolute atomic E-state index is 0.741. The van der Waals surface area contributed by atoms with Crippen LogP contribution in [-0.2, 0) is 19.6 Å². The van der Waals surface area contributed by atoms with Crippen molar-refractivity contribution in [2.75, 3.05) is 0 Å². The van der Waals surface area contributed by atoms with Crippen LogP contribution in [0.25, 0.3) is 0 Å². The van der Waals surface area contributed by atoms with E-state index in [0.717, 1.165) is 25.7 Å². The van der Waals surface area contributed by atoms with Crippen LogP contribution >= 0.6 is 0 Å². The molecule has 5 heteroatoms. The van der Waals surface area contributed by atoms with Gasteiger partial charge >= 0.3 is 0 Å². The SMILES string of the molecule is CCn1cc(Cn2ncc(CNC3CC3)c2C)cn1. The van der Waals surface area contributed by atoms with Crippen LogP contribution < -0.4 is 5.32 Å². The van der Waals surface area contributed by atoms with Crippen molar-refractivity contribution in [3.8, 4) is 0 Å². The largest absolute Gasteiger partial charge is 0.310 e. The highest BCUT2D eigenvalue weighted by Gasteiger charge is 2.20. The molecule has 0 aromatic carbocycles. The van der Waals surface area contributed by atoms with E-state index in [-0.39, 0.29) is 0 Å². The molecule has 19 heavy (non-hydrogen) atoms. The number of aromatic nitrogens is 4. The molecular formula is C14H21N5. The van der Waals surface area contributed by atoms with Gasteiger partial charge in [-0.15, -0.1) is 0 Å². The Morgan fingerprint density at radius 1 is 1.32 bits per heavy atom. The van der Waals surface area contributed by atoms with Gasteiger partial charge in [0.1, 0.15) is 0 Å². The van der Waals surface area contributed by atoms with Crippen molar-refractivity contribution >= 4 is 0 Å². The van der Waals surface area contributed by atoms with Crippen molar-refractivity contribution in [3.05, 3.63) is 35.4 Å². The third kappa shape index (κ3) is 2.87. The number of hydrogen-bond acceptors (Lipinski definition) is 3. The van der Waals surface area contributed by atoms with Gasteiger partial charge in [-0.3, -0.25) is 9.36 Å². The lowest BCUT2D eigenvalue weighted by atomic mass is 10.2. The Bertz CT molecular complexity index is 550. The summed E-state index contributed by atoms with van der Waals surface area (Å²) in [6, 6.07) is 0.741. The maximum Gasteiger partial charge on any atom is 0.0693 e. The molecule has 102 valence electrons. The first-order chi connectivity index (χ1) is 9.26. The van der Waals surface area contributed by atoms with Crippen molar-refractivity contribution < 1.29 is 0 Å². The van der Waals surface area contributed by atoms with Gasteiger partial charge in [-0.1, -0.05) is 0 Å². The van der Waals surface area contributed by atoms with Crippen LogP contribution in [0.4, 0.5) is 0 Å². The van der Waals surface area contributed by atoms with Gasteiger partial charge in [0.15, 0.2) is 0 Å². The fraction of sp³-hybridized carbons (Fsp3) is 0.571. The van der Waals surface area contributed by atoms with Gasteiger partial charge in [0.25, 0.3) is 0 Å². The first kappa shape index (κ1) is 12.4. The first-order valence-corrected chi connectivity index (χ1v) is 7.02. The lowest BCUT2D eigenvalue weighted by molar-refractivity contribution is 0.645. The van der Waals surface area contributed by atoms with Crippen molar-refractivity contribution in [2.24, 2.45) is 0 Å². The van der Waals surface area contributed by atoms with E-state index >= 15 is 0 Å². The molecule has 0 amide bonds. The van der Waals surface area contributed by atoms with Gasteiger partial charge in [0.05, 0.1) is 18.9 Å². The molecule has 0 spiro atoms. The molecule has 0 atom stereocenters. The fourth-order valence-electron chi connectivity index (χ4n) is 2.19. The lowest BCUT2D eigenvalue weighted by Gasteiger charge is -2.05. The van der Waals surface area contributed by atoms with Gasteiger partial charge in [0, 0.05) is 42.1 Å². The van der Waals surface area contributed by atoms with Gasteiger partial charge in [-0.25, -0.2) is 0 Å². The van der Waals surface area contributed by atoms with E-state index < -0.39 is 0 Å². The molecule has 2 heterocycles. The molecule has 0 bridgehead atoms. The second-order valence-corrected chi connectivity index (χ2v) is 5.27. The molecule has 0 unspecified atom stereocenters. The van der Waals surface area contributed by atoms with Crippen LogP contribution in [0.5, 0.6) is 0 Å². The number of nitrogens with zero attached hydrogens (tertiary/aromatic N) is 4. The average molecular weight is 259 g/mol. The van der Waals surface area contributed by atoms with E-state index in [1.807, 2.05) is 17.1 Å². The Morgan fingerprint density at radius 2 is 2.16 bits per heavy atom. The fourth-order valence-corrected chi connectivity index (χ4v) is 2.19. The smallest absolute Gasteiger partial charge is 0.0693 e. The number of hydrogen-bond donors (Lipinski definition) is 1. The van der Waals surface area contributed by atoms with Crippen LogP contribution in [0.3, 0.4) is 0 Å². The molecule has 1 fully saturated rings. The van der Waals surface area contributed by atoms with Gasteiger partial charge in [0.2, 0.25) is 0 Å². The standard InChI is InChI=1S/C14H21N5/c1-3-18-9-12(6-16-18)10-19-11(2)13(8-17-19)7-15-14-4-5-14/h6,8-9,14-15H,3-5,7,10H2,1-2H3. The third-order valence-corrected chi connectivity index (χ3v) is 3.71. The van der Waals surface area contributed by atoms with E-state index in [2.05, 4.69) is 40.2 Å². The second kappa shape index (κ2) is 5.17. The van der Waals surface area contributed by atoms with Crippen molar-refractivity contribution in [3.63, 3.8) is 0 Å². The zero-order valence-corrected chi connectivity index (χ0v) is 11.6. The van der Waals surface area contributed by atoms with Crippen LogP contribution in [0, 0.1) is 6.92 Å². The van der Waals surface area contributed by atoms with E-state index in [0.29, 0.717) is 0 Å². The Hall–Kier alpha value is -1.62. The molecule has 1 saturated carbocycles. The molecule has 1 N–H and O–H groups in total. The minimum atomic E-state index is 0.741. The summed E-state index contributed by atoms with van der Waals surface area (Å²) in [5.74, 6) is 0. The molecule has 0 aliphatic heterocycles. The summed E-state index contributed by atoms with van der Waals surface area (Å²) in [4.78, 5) is 0. The highest BCUT2D eigenvalue weighted by atomic mass is 15.3. The molecule has 0 saturated heterocycles. The summed E-state index contributed by atoms with van der Waals surface area (Å²) in [7, 11) is 0. The topological polar surface area (TPSA) is 47.7 Å². The van der Waals surface area contributed by atoms with E-state index in [9.17, 15) is 0 Å². The zero-order valence-electron chi connectivity index (χ0n) is 11.6. The molecule has 2 aromatic heterocycles. The Kier molecular flexibility index (Phi) is 3.38. The monoisotopic (exact) mass is 259 g/mol. The maximum absolute atomic E-state index is 4.48. The quantitative estimate of drug-likeness (QED) is 0.859. The predicted octanol–water partition coefficient (Wildman–Crippen LogP) is 1.71.